The van der Waals surface area contributed by atoms with Crippen molar-refractivity contribution in [1.29, 1.82) is 0 Å². The van der Waals surface area contributed by atoms with Crippen LogP contribution in [0.3, 0.4) is 0 Å². The minimum absolute atomic E-state index is 0.115. The molecule has 0 spiro atoms. The van der Waals surface area contributed by atoms with Crippen LogP contribution < -0.4 is 27.7 Å². The molecule has 9 nitrogen and oxygen atoms in total. The minimum Gasteiger partial charge on any atom is -0.457 e. The first kappa shape index (κ1) is 24.7. The Morgan fingerprint density at radius 2 is 0.730 bits per heavy atom. The number of nitrogens with two attached hydrogens (primary N) is 4. The highest BCUT2D eigenvalue weighted by molar-refractivity contribution is 6.13. The summed E-state index contributed by atoms with van der Waals surface area (Å²) in [6.07, 6.45) is 0. The Morgan fingerprint density at radius 1 is 0.405 bits per heavy atom. The van der Waals surface area contributed by atoms with Crippen molar-refractivity contribution in [3.8, 4) is 11.5 Å². The van der Waals surface area contributed by atoms with E-state index in [-0.39, 0.29) is 11.9 Å². The zero-order valence-corrected chi connectivity index (χ0v) is 19.9. The van der Waals surface area contributed by atoms with Gasteiger partial charge in [0.25, 0.3) is 0 Å². The number of hydrogen-bond acceptors (Lipinski definition) is 5. The summed E-state index contributed by atoms with van der Waals surface area (Å²) in [6.45, 7) is 0. The van der Waals surface area contributed by atoms with Gasteiger partial charge in [-0.3, -0.25) is 0 Å². The maximum Gasteiger partial charge on any atom is 0.211 e. The molecule has 0 aliphatic carbocycles. The van der Waals surface area contributed by atoms with Gasteiger partial charge in [-0.1, -0.05) is 60.7 Å². The molecule has 0 bridgehead atoms. The van der Waals surface area contributed by atoms with Crippen molar-refractivity contribution < 1.29 is 4.74 Å². The summed E-state index contributed by atoms with van der Waals surface area (Å²) in [5.41, 5.74) is 26.6. The van der Waals surface area contributed by atoms with E-state index in [0.29, 0.717) is 22.9 Å². The van der Waals surface area contributed by atoms with Crippen molar-refractivity contribution in [2.45, 2.75) is 0 Å². The number of rotatable bonds is 8. The van der Waals surface area contributed by atoms with Crippen molar-refractivity contribution in [2.75, 3.05) is 0 Å². The van der Waals surface area contributed by atoms with Crippen molar-refractivity contribution in [3.63, 3.8) is 0 Å². The normalized spacial score (nSPS) is 11.5. The van der Waals surface area contributed by atoms with Gasteiger partial charge in [0.15, 0.2) is 0 Å². The molecule has 0 saturated carbocycles. The number of nitrogens with zero attached hydrogens (tertiary/aromatic N) is 4. The molecule has 0 unspecified atom stereocenters. The summed E-state index contributed by atoms with van der Waals surface area (Å²) in [6, 6.07) is 34.3. The highest BCUT2D eigenvalue weighted by atomic mass is 16.5. The van der Waals surface area contributed by atoms with E-state index in [1.165, 1.54) is 0 Å². The number of ether oxygens (including phenoxy) is 1. The summed E-state index contributed by atoms with van der Waals surface area (Å²) < 4.78 is 6.04. The molecule has 37 heavy (non-hydrogen) atoms. The molecule has 0 aromatic heterocycles. The van der Waals surface area contributed by atoms with Crippen LogP contribution in [-0.2, 0) is 0 Å². The molecule has 0 aliphatic heterocycles. The molecular weight excluding hydrogens is 464 g/mol. The van der Waals surface area contributed by atoms with Gasteiger partial charge in [0.1, 0.15) is 22.9 Å². The van der Waals surface area contributed by atoms with Crippen molar-refractivity contribution in [2.24, 2.45) is 43.3 Å². The van der Waals surface area contributed by atoms with E-state index in [9.17, 15) is 0 Å². The molecule has 8 N–H and O–H groups in total. The first-order valence-corrected chi connectivity index (χ1v) is 11.3. The van der Waals surface area contributed by atoms with Gasteiger partial charge >= 0.3 is 0 Å². The largest absolute Gasteiger partial charge is 0.457 e. The molecule has 4 rings (SSSR count). The highest BCUT2D eigenvalue weighted by Crippen LogP contribution is 2.24. The van der Waals surface area contributed by atoms with Crippen LogP contribution in [0.5, 0.6) is 11.5 Å². The molecular formula is C28H26N8O. The Morgan fingerprint density at radius 3 is 1.05 bits per heavy atom. The van der Waals surface area contributed by atoms with Gasteiger partial charge in [-0.25, -0.2) is 0 Å². The van der Waals surface area contributed by atoms with Crippen LogP contribution in [0, 0.1) is 0 Å². The fourth-order valence-electron chi connectivity index (χ4n) is 3.47. The topological polar surface area (TPSA) is 163 Å². The third-order valence-electron chi connectivity index (χ3n) is 5.12. The molecule has 0 fully saturated rings. The van der Waals surface area contributed by atoms with E-state index in [0.717, 1.165) is 22.3 Å². The molecule has 0 saturated heterocycles. The summed E-state index contributed by atoms with van der Waals surface area (Å²) in [4.78, 5) is 0. The van der Waals surface area contributed by atoms with Crippen LogP contribution in [0.1, 0.15) is 22.3 Å². The second-order valence-electron chi connectivity index (χ2n) is 7.83. The Bertz CT molecular complexity index is 1320. The average Bonchev–Trinajstić information content (AvgIpc) is 2.91. The molecule has 0 atom stereocenters. The van der Waals surface area contributed by atoms with E-state index in [1.807, 2.05) is 109 Å². The van der Waals surface area contributed by atoms with Gasteiger partial charge in [-0.05, 0) is 48.5 Å². The minimum atomic E-state index is -0.115. The van der Waals surface area contributed by atoms with Crippen molar-refractivity contribution in [1.82, 2.24) is 0 Å². The first-order chi connectivity index (χ1) is 18.0. The van der Waals surface area contributed by atoms with E-state index >= 15 is 0 Å². The Labute approximate surface area is 214 Å². The molecule has 184 valence electrons. The fraction of sp³-hybridized carbons (Fsp3) is 0. The van der Waals surface area contributed by atoms with Gasteiger partial charge in [-0.2, -0.15) is 0 Å². The second-order valence-corrected chi connectivity index (χ2v) is 7.83. The van der Waals surface area contributed by atoms with Crippen LogP contribution in [-0.4, -0.2) is 23.3 Å². The third-order valence-corrected chi connectivity index (χ3v) is 5.12. The lowest BCUT2D eigenvalue weighted by atomic mass is 10.0. The first-order valence-electron chi connectivity index (χ1n) is 11.3. The van der Waals surface area contributed by atoms with Crippen LogP contribution in [0.4, 0.5) is 0 Å². The monoisotopic (exact) mass is 490 g/mol. The summed E-state index contributed by atoms with van der Waals surface area (Å²) >= 11 is 0. The van der Waals surface area contributed by atoms with E-state index in [2.05, 4.69) is 20.4 Å². The third kappa shape index (κ3) is 6.80. The van der Waals surface area contributed by atoms with Crippen molar-refractivity contribution in [3.05, 3.63) is 131 Å². The number of guanidine groups is 2. The fourth-order valence-corrected chi connectivity index (χ4v) is 3.47. The lowest BCUT2D eigenvalue weighted by molar-refractivity contribution is 0.482. The van der Waals surface area contributed by atoms with E-state index in [1.54, 1.807) is 0 Å². The highest BCUT2D eigenvalue weighted by Gasteiger charge is 2.10. The molecule has 0 radical (unpaired) electrons. The summed E-state index contributed by atoms with van der Waals surface area (Å²) in [5.74, 6) is 1.08. The molecule has 4 aromatic rings. The molecule has 9 heteroatoms. The number of hydrogen-bond donors (Lipinski definition) is 4. The van der Waals surface area contributed by atoms with Crippen LogP contribution >= 0.6 is 0 Å². The van der Waals surface area contributed by atoms with Crippen LogP contribution in [0.25, 0.3) is 0 Å². The van der Waals surface area contributed by atoms with Gasteiger partial charge in [0.05, 0.1) is 0 Å². The lowest BCUT2D eigenvalue weighted by Gasteiger charge is -2.10. The Balaban J connectivity index is 1.55. The standard InChI is InChI=1S/C28H26N8O/c29-27(30)35-33-25(19-7-3-1-4-8-19)21-11-15-23(16-12-21)37-24-17-13-22(14-18-24)26(34-36-28(31)32)20-9-5-2-6-10-20/h1-18H,(H4,29,30,35)(H4,31,32,36). The average molecular weight is 491 g/mol. The van der Waals surface area contributed by atoms with Gasteiger partial charge < -0.3 is 27.7 Å². The van der Waals surface area contributed by atoms with Gasteiger partial charge in [0.2, 0.25) is 11.9 Å². The molecule has 0 heterocycles. The molecule has 0 aliphatic rings. The maximum atomic E-state index is 6.04. The SMILES string of the molecule is NC(N)=NN=C(c1ccccc1)c1ccc(Oc2ccc(C(=NN=C(N)N)c3ccccc3)cc2)cc1. The molecule has 0 amide bonds. The smallest absolute Gasteiger partial charge is 0.211 e. The zero-order chi connectivity index (χ0) is 26.0. The van der Waals surface area contributed by atoms with Gasteiger partial charge in [-0.15, -0.1) is 20.4 Å². The lowest BCUT2D eigenvalue weighted by Crippen LogP contribution is -2.22. The van der Waals surface area contributed by atoms with Gasteiger partial charge in [0, 0.05) is 22.3 Å². The Kier molecular flexibility index (Phi) is 7.87. The maximum absolute atomic E-state index is 6.04. The van der Waals surface area contributed by atoms with Crippen LogP contribution in [0.2, 0.25) is 0 Å². The predicted octanol–water partition coefficient (Wildman–Crippen LogP) is 3.53. The second kappa shape index (κ2) is 11.8. The zero-order valence-electron chi connectivity index (χ0n) is 19.9. The predicted molar refractivity (Wildman–Crippen MR) is 149 cm³/mol. The summed E-state index contributed by atoms with van der Waals surface area (Å²) in [5, 5.41) is 16.1. The van der Waals surface area contributed by atoms with E-state index in [4.69, 9.17) is 27.7 Å². The van der Waals surface area contributed by atoms with Crippen molar-refractivity contribution >= 4 is 23.3 Å². The quantitative estimate of drug-likeness (QED) is 0.168. The van der Waals surface area contributed by atoms with Crippen LogP contribution in [0.15, 0.2) is 130 Å². The van der Waals surface area contributed by atoms with E-state index < -0.39 is 0 Å². The summed E-state index contributed by atoms with van der Waals surface area (Å²) in [7, 11) is 0. The number of benzene rings is 4. The molecule has 4 aromatic carbocycles. The Hall–Kier alpha value is -5.44.